The number of hydrogen-bond acceptors (Lipinski definition) is 6. The molecule has 1 aromatic carbocycles. The molecule has 1 aliphatic rings. The van der Waals surface area contributed by atoms with Crippen molar-refractivity contribution in [1.82, 2.24) is 4.98 Å². The molecule has 0 aliphatic carbocycles. The van der Waals surface area contributed by atoms with Gasteiger partial charge in [0.25, 0.3) is 0 Å². The van der Waals surface area contributed by atoms with E-state index in [0.717, 1.165) is 28.6 Å². The maximum atomic E-state index is 12.6. The van der Waals surface area contributed by atoms with Crippen LogP contribution in [0.1, 0.15) is 29.3 Å². The van der Waals surface area contributed by atoms with E-state index in [1.807, 2.05) is 19.1 Å². The van der Waals surface area contributed by atoms with Crippen molar-refractivity contribution >= 4 is 35.2 Å². The number of nitrogens with zero attached hydrogens (tertiary/aromatic N) is 2. The van der Waals surface area contributed by atoms with Gasteiger partial charge in [0.1, 0.15) is 5.03 Å². The van der Waals surface area contributed by atoms with Crippen LogP contribution >= 0.6 is 11.8 Å². The summed E-state index contributed by atoms with van der Waals surface area (Å²) in [5, 5.41) is 10.6. The Labute approximate surface area is 148 Å². The molecule has 3 rings (SSSR count). The average molecular weight is 355 g/mol. The standard InChI is InChI=1S/C18H16N2O4S/c1-2-11-5-7-12(8-6-11)20-15(21)10-14(17(20)22)25-16-13(18(23)24)4-3-9-19-16/h3-9,14H,2,10H2,1H3,(H,23,24)/p-1/t14-/m0/s1. The van der Waals surface area contributed by atoms with E-state index in [9.17, 15) is 19.5 Å². The van der Waals surface area contributed by atoms with Crippen molar-refractivity contribution in [2.75, 3.05) is 4.90 Å². The Hall–Kier alpha value is -2.67. The van der Waals surface area contributed by atoms with Gasteiger partial charge in [0.05, 0.1) is 16.9 Å². The van der Waals surface area contributed by atoms with Crippen molar-refractivity contribution < 1.29 is 19.5 Å². The van der Waals surface area contributed by atoms with E-state index in [2.05, 4.69) is 4.98 Å². The van der Waals surface area contributed by atoms with Gasteiger partial charge >= 0.3 is 0 Å². The number of thioether (sulfide) groups is 1. The monoisotopic (exact) mass is 355 g/mol. The summed E-state index contributed by atoms with van der Waals surface area (Å²) in [7, 11) is 0. The molecule has 0 N–H and O–H groups in total. The van der Waals surface area contributed by atoms with Gasteiger partial charge in [-0.3, -0.25) is 9.59 Å². The zero-order chi connectivity index (χ0) is 18.0. The van der Waals surface area contributed by atoms with Gasteiger partial charge in [-0.25, -0.2) is 9.88 Å². The number of hydrogen-bond donors (Lipinski definition) is 0. The topological polar surface area (TPSA) is 90.4 Å². The maximum absolute atomic E-state index is 12.6. The van der Waals surface area contributed by atoms with Gasteiger partial charge in [-0.15, -0.1) is 0 Å². The number of pyridine rings is 1. The molecule has 0 unspecified atom stereocenters. The lowest BCUT2D eigenvalue weighted by atomic mass is 10.1. The summed E-state index contributed by atoms with van der Waals surface area (Å²) < 4.78 is 0. The Bertz CT molecular complexity index is 835. The molecule has 0 saturated carbocycles. The quantitative estimate of drug-likeness (QED) is 0.754. The van der Waals surface area contributed by atoms with Crippen molar-refractivity contribution in [2.45, 2.75) is 30.0 Å². The zero-order valence-corrected chi connectivity index (χ0v) is 14.3. The number of benzene rings is 1. The average Bonchev–Trinajstić information content (AvgIpc) is 2.89. The Balaban J connectivity index is 1.83. The van der Waals surface area contributed by atoms with Crippen LogP contribution in [0.2, 0.25) is 0 Å². The molecular formula is C18H15N2O4S-. The molecule has 2 heterocycles. The highest BCUT2D eigenvalue weighted by atomic mass is 32.2. The molecule has 1 atom stereocenters. The van der Waals surface area contributed by atoms with E-state index in [4.69, 9.17) is 0 Å². The van der Waals surface area contributed by atoms with Crippen molar-refractivity contribution in [3.8, 4) is 0 Å². The van der Waals surface area contributed by atoms with Crippen molar-refractivity contribution in [1.29, 1.82) is 0 Å². The van der Waals surface area contributed by atoms with Gasteiger partial charge in [-0.2, -0.15) is 0 Å². The van der Waals surface area contributed by atoms with Crippen LogP contribution in [-0.2, 0) is 16.0 Å². The summed E-state index contributed by atoms with van der Waals surface area (Å²) in [6, 6.07) is 10.1. The minimum Gasteiger partial charge on any atom is -0.545 e. The van der Waals surface area contributed by atoms with E-state index < -0.39 is 11.2 Å². The molecule has 0 radical (unpaired) electrons. The van der Waals surface area contributed by atoms with E-state index in [1.165, 1.54) is 18.3 Å². The van der Waals surface area contributed by atoms with Gasteiger partial charge in [-0.05, 0) is 36.2 Å². The number of carbonyl (C=O) groups is 3. The summed E-state index contributed by atoms with van der Waals surface area (Å²) in [6.07, 6.45) is 2.31. The summed E-state index contributed by atoms with van der Waals surface area (Å²) in [5.41, 5.74) is 1.55. The molecule has 0 spiro atoms. The first-order valence-electron chi connectivity index (χ1n) is 7.80. The number of carbonyl (C=O) groups excluding carboxylic acids is 3. The summed E-state index contributed by atoms with van der Waals surface area (Å²) in [5.74, 6) is -2.04. The fourth-order valence-corrected chi connectivity index (χ4v) is 3.72. The van der Waals surface area contributed by atoms with E-state index in [-0.39, 0.29) is 28.8 Å². The van der Waals surface area contributed by atoms with E-state index in [0.29, 0.717) is 5.69 Å². The van der Waals surface area contributed by atoms with Crippen molar-refractivity contribution in [3.63, 3.8) is 0 Å². The van der Waals surface area contributed by atoms with Gasteiger partial charge in [0.2, 0.25) is 11.8 Å². The molecule has 128 valence electrons. The van der Waals surface area contributed by atoms with Gasteiger partial charge < -0.3 is 9.90 Å². The first-order chi connectivity index (χ1) is 12.0. The van der Waals surface area contributed by atoms with E-state index >= 15 is 0 Å². The fraction of sp³-hybridized carbons (Fsp3) is 0.222. The molecule has 6 nitrogen and oxygen atoms in total. The van der Waals surface area contributed by atoms with Gasteiger partial charge in [0, 0.05) is 18.2 Å². The number of aryl methyl sites for hydroxylation is 1. The third-order valence-corrected chi connectivity index (χ3v) is 5.15. The summed E-state index contributed by atoms with van der Waals surface area (Å²) in [4.78, 5) is 41.3. The lowest BCUT2D eigenvalue weighted by Crippen LogP contribution is -2.31. The van der Waals surface area contributed by atoms with Crippen LogP contribution in [0.4, 0.5) is 5.69 Å². The van der Waals surface area contributed by atoms with Crippen LogP contribution in [0.25, 0.3) is 0 Å². The first-order valence-corrected chi connectivity index (χ1v) is 8.68. The number of carboxylic acid groups (broad SMARTS) is 1. The number of anilines is 1. The van der Waals surface area contributed by atoms with Crippen LogP contribution in [0.5, 0.6) is 0 Å². The SMILES string of the molecule is CCc1ccc(N2C(=O)C[C@H](Sc3ncccc3C(=O)[O-])C2=O)cc1. The Morgan fingerprint density at radius 2 is 2.00 bits per heavy atom. The third kappa shape index (κ3) is 3.41. The molecule has 7 heteroatoms. The molecule has 1 aromatic heterocycles. The second-order valence-electron chi connectivity index (χ2n) is 5.54. The predicted octanol–water partition coefficient (Wildman–Crippen LogP) is 1.43. The predicted molar refractivity (Wildman–Crippen MR) is 91.1 cm³/mol. The zero-order valence-electron chi connectivity index (χ0n) is 13.5. The van der Waals surface area contributed by atoms with Gasteiger partial charge in [-0.1, -0.05) is 30.8 Å². The smallest absolute Gasteiger partial charge is 0.247 e. The number of carboxylic acids is 1. The van der Waals surface area contributed by atoms with Crippen LogP contribution in [0, 0.1) is 0 Å². The van der Waals surface area contributed by atoms with Crippen molar-refractivity contribution in [2.24, 2.45) is 0 Å². The molecule has 0 bridgehead atoms. The van der Waals surface area contributed by atoms with Crippen LogP contribution in [0.15, 0.2) is 47.6 Å². The first kappa shape index (κ1) is 17.2. The highest BCUT2D eigenvalue weighted by Gasteiger charge is 2.40. The normalized spacial score (nSPS) is 17.2. The lowest BCUT2D eigenvalue weighted by molar-refractivity contribution is -0.255. The second-order valence-corrected chi connectivity index (χ2v) is 6.73. The number of imide groups is 1. The highest BCUT2D eigenvalue weighted by Crippen LogP contribution is 2.34. The Morgan fingerprint density at radius 1 is 1.28 bits per heavy atom. The highest BCUT2D eigenvalue weighted by molar-refractivity contribution is 8.00. The van der Waals surface area contributed by atoms with Crippen LogP contribution in [0.3, 0.4) is 0 Å². The number of aromatic carboxylic acids is 1. The Kier molecular flexibility index (Phi) is 4.85. The number of rotatable bonds is 5. The largest absolute Gasteiger partial charge is 0.545 e. The summed E-state index contributed by atoms with van der Waals surface area (Å²) in [6.45, 7) is 2.02. The summed E-state index contributed by atoms with van der Waals surface area (Å²) >= 11 is 0.980. The minimum absolute atomic E-state index is 0.00207. The minimum atomic E-state index is -1.36. The van der Waals surface area contributed by atoms with Crippen molar-refractivity contribution in [3.05, 3.63) is 53.7 Å². The molecule has 1 aliphatic heterocycles. The fourth-order valence-electron chi connectivity index (χ4n) is 2.62. The molecule has 1 saturated heterocycles. The van der Waals surface area contributed by atoms with Crippen LogP contribution in [-0.4, -0.2) is 28.0 Å². The molecular weight excluding hydrogens is 340 g/mol. The molecule has 2 aromatic rings. The molecule has 1 fully saturated rings. The second kappa shape index (κ2) is 7.06. The number of aromatic nitrogens is 1. The molecule has 2 amide bonds. The maximum Gasteiger partial charge on any atom is 0.247 e. The van der Waals surface area contributed by atoms with E-state index in [1.54, 1.807) is 12.1 Å². The Morgan fingerprint density at radius 3 is 2.64 bits per heavy atom. The lowest BCUT2D eigenvalue weighted by Gasteiger charge is -2.16. The van der Waals surface area contributed by atoms with Crippen LogP contribution < -0.4 is 10.0 Å². The molecule has 25 heavy (non-hydrogen) atoms. The van der Waals surface area contributed by atoms with Gasteiger partial charge in [0.15, 0.2) is 0 Å². The third-order valence-electron chi connectivity index (χ3n) is 3.95. The number of amides is 2.